The monoisotopic (exact) mass is 322 g/mol. The van der Waals surface area contributed by atoms with E-state index in [0.717, 1.165) is 21.5 Å². The molecular weight excluding hydrogens is 308 g/mol. The van der Waals surface area contributed by atoms with Gasteiger partial charge in [0, 0.05) is 5.56 Å². The van der Waals surface area contributed by atoms with Crippen molar-refractivity contribution < 1.29 is 9.53 Å². The van der Waals surface area contributed by atoms with Crippen molar-refractivity contribution >= 4 is 27.5 Å². The Labute approximate surface area is 138 Å². The van der Waals surface area contributed by atoms with Crippen LogP contribution in [-0.4, -0.2) is 24.5 Å². The predicted octanol–water partition coefficient (Wildman–Crippen LogP) is 3.09. The third-order valence-corrected chi connectivity index (χ3v) is 4.05. The second-order valence-corrected chi connectivity index (χ2v) is 5.61. The molecule has 23 heavy (non-hydrogen) atoms. The maximum absolute atomic E-state index is 12.1. The van der Waals surface area contributed by atoms with E-state index in [1.807, 2.05) is 36.4 Å². The largest absolute Gasteiger partial charge is 0.495 e. The van der Waals surface area contributed by atoms with Gasteiger partial charge in [-0.3, -0.25) is 4.79 Å². The van der Waals surface area contributed by atoms with Crippen molar-refractivity contribution in [3.05, 3.63) is 59.1 Å². The van der Waals surface area contributed by atoms with E-state index < -0.39 is 0 Å². The van der Waals surface area contributed by atoms with Gasteiger partial charge in [0.1, 0.15) is 5.75 Å². The number of benzene rings is 2. The van der Waals surface area contributed by atoms with E-state index in [4.69, 9.17) is 4.74 Å². The Morgan fingerprint density at radius 2 is 2.17 bits per heavy atom. The van der Waals surface area contributed by atoms with Crippen LogP contribution in [0.1, 0.15) is 15.9 Å². The zero-order valence-corrected chi connectivity index (χ0v) is 13.3. The molecule has 5 heteroatoms. The number of carbonyl (C=O) groups is 1. The molecule has 1 N–H and O–H groups in total. The van der Waals surface area contributed by atoms with Gasteiger partial charge in [-0.2, -0.15) is 0 Å². The van der Waals surface area contributed by atoms with E-state index in [0.29, 0.717) is 5.56 Å². The van der Waals surface area contributed by atoms with Crippen LogP contribution in [0.3, 0.4) is 0 Å². The summed E-state index contributed by atoms with van der Waals surface area (Å²) in [5.41, 5.74) is 4.09. The number of thiazole rings is 1. The maximum atomic E-state index is 12.1. The summed E-state index contributed by atoms with van der Waals surface area (Å²) in [4.78, 5) is 16.3. The molecule has 3 aromatic rings. The Balaban J connectivity index is 1.64. The van der Waals surface area contributed by atoms with Crippen LogP contribution in [-0.2, 0) is 0 Å². The van der Waals surface area contributed by atoms with Crippen molar-refractivity contribution in [1.82, 2.24) is 10.3 Å². The van der Waals surface area contributed by atoms with E-state index in [1.54, 1.807) is 18.7 Å². The lowest BCUT2D eigenvalue weighted by atomic mass is 10.2. The van der Waals surface area contributed by atoms with E-state index >= 15 is 0 Å². The number of nitrogens with zero attached hydrogens (tertiary/aromatic N) is 1. The minimum absolute atomic E-state index is 0.144. The third kappa shape index (κ3) is 3.50. The average molecular weight is 322 g/mol. The lowest BCUT2D eigenvalue weighted by Crippen LogP contribution is -2.23. The summed E-state index contributed by atoms with van der Waals surface area (Å²) in [6.07, 6.45) is 0. The van der Waals surface area contributed by atoms with Crippen LogP contribution in [0, 0.1) is 11.8 Å². The van der Waals surface area contributed by atoms with Crippen LogP contribution in [0.25, 0.3) is 10.2 Å². The van der Waals surface area contributed by atoms with E-state index in [9.17, 15) is 4.79 Å². The van der Waals surface area contributed by atoms with Gasteiger partial charge in [-0.15, -0.1) is 11.3 Å². The van der Waals surface area contributed by atoms with Gasteiger partial charge in [0.2, 0.25) is 0 Å². The number of ether oxygens (including phenoxy) is 1. The molecule has 0 atom stereocenters. The zero-order chi connectivity index (χ0) is 16.1. The molecule has 0 unspecified atom stereocenters. The Hall–Kier alpha value is -2.84. The Bertz CT molecular complexity index is 906. The highest BCUT2D eigenvalue weighted by Gasteiger charge is 2.06. The molecule has 3 rings (SSSR count). The molecule has 1 amide bonds. The molecule has 0 saturated carbocycles. The number of aromatic nitrogens is 1. The highest BCUT2D eigenvalue weighted by atomic mass is 32.1. The second kappa shape index (κ2) is 6.95. The van der Waals surface area contributed by atoms with Crippen LogP contribution >= 0.6 is 11.3 Å². The van der Waals surface area contributed by atoms with Crippen LogP contribution < -0.4 is 10.1 Å². The van der Waals surface area contributed by atoms with Gasteiger partial charge in [-0.1, -0.05) is 24.0 Å². The van der Waals surface area contributed by atoms with Crippen LogP contribution in [0.2, 0.25) is 0 Å². The standard InChI is InChI=1S/C18H14N2O2S/c1-22-16-7-3-2-5-13(16)6-4-10-19-18(21)14-8-9-15-17(11-14)23-12-20-15/h2-3,5,7-9,11-12H,10H2,1H3,(H,19,21). The van der Waals surface area contributed by atoms with Crippen molar-refractivity contribution in [1.29, 1.82) is 0 Å². The van der Waals surface area contributed by atoms with E-state index in [-0.39, 0.29) is 12.5 Å². The summed E-state index contributed by atoms with van der Waals surface area (Å²) in [5, 5.41) is 2.79. The minimum Gasteiger partial charge on any atom is -0.495 e. The molecule has 0 bridgehead atoms. The molecular formula is C18H14N2O2S. The van der Waals surface area contributed by atoms with Crippen LogP contribution in [0.15, 0.2) is 48.0 Å². The van der Waals surface area contributed by atoms with Gasteiger partial charge in [0.15, 0.2) is 0 Å². The van der Waals surface area contributed by atoms with Crippen molar-refractivity contribution in [2.45, 2.75) is 0 Å². The molecule has 0 fully saturated rings. The van der Waals surface area contributed by atoms with Gasteiger partial charge in [0.05, 0.1) is 34.9 Å². The zero-order valence-electron chi connectivity index (χ0n) is 12.5. The normalized spacial score (nSPS) is 9.96. The molecule has 0 aliphatic heterocycles. The van der Waals surface area contributed by atoms with Crippen LogP contribution in [0.4, 0.5) is 0 Å². The van der Waals surface area contributed by atoms with Crippen molar-refractivity contribution in [2.75, 3.05) is 13.7 Å². The second-order valence-electron chi connectivity index (χ2n) is 4.72. The molecule has 0 saturated heterocycles. The fraction of sp³-hybridized carbons (Fsp3) is 0.111. The van der Waals surface area contributed by atoms with Crippen molar-refractivity contribution in [3.63, 3.8) is 0 Å². The molecule has 0 spiro atoms. The fourth-order valence-electron chi connectivity index (χ4n) is 2.11. The highest BCUT2D eigenvalue weighted by Crippen LogP contribution is 2.19. The minimum atomic E-state index is -0.144. The first kappa shape index (κ1) is 15.1. The van der Waals surface area contributed by atoms with E-state index in [2.05, 4.69) is 22.1 Å². The SMILES string of the molecule is COc1ccccc1C#CCNC(=O)c1ccc2ncsc2c1. The topological polar surface area (TPSA) is 51.2 Å². The van der Waals surface area contributed by atoms with Crippen molar-refractivity contribution in [3.8, 4) is 17.6 Å². The van der Waals surface area contributed by atoms with Gasteiger partial charge >= 0.3 is 0 Å². The number of rotatable bonds is 3. The van der Waals surface area contributed by atoms with Crippen LogP contribution in [0.5, 0.6) is 5.75 Å². The Morgan fingerprint density at radius 1 is 1.30 bits per heavy atom. The molecule has 2 aromatic carbocycles. The lowest BCUT2D eigenvalue weighted by Gasteiger charge is -2.02. The number of methoxy groups -OCH3 is 1. The average Bonchev–Trinajstić information content (AvgIpc) is 3.06. The van der Waals surface area contributed by atoms with Gasteiger partial charge in [-0.05, 0) is 30.3 Å². The molecule has 1 aromatic heterocycles. The number of amides is 1. The lowest BCUT2D eigenvalue weighted by molar-refractivity contribution is 0.0959. The van der Waals surface area contributed by atoms with Gasteiger partial charge in [0.25, 0.3) is 5.91 Å². The first-order valence-corrected chi connectivity index (χ1v) is 7.89. The number of hydrogen-bond donors (Lipinski definition) is 1. The maximum Gasteiger partial charge on any atom is 0.252 e. The number of carbonyl (C=O) groups excluding carboxylic acids is 1. The number of para-hydroxylation sites is 1. The van der Waals surface area contributed by atoms with Gasteiger partial charge in [-0.25, -0.2) is 4.98 Å². The summed E-state index contributed by atoms with van der Waals surface area (Å²) in [6, 6.07) is 13.0. The summed E-state index contributed by atoms with van der Waals surface area (Å²) in [6.45, 7) is 0.275. The summed E-state index contributed by atoms with van der Waals surface area (Å²) in [7, 11) is 1.61. The molecule has 114 valence electrons. The fourth-order valence-corrected chi connectivity index (χ4v) is 2.83. The number of nitrogens with one attached hydrogen (secondary N) is 1. The highest BCUT2D eigenvalue weighted by molar-refractivity contribution is 7.16. The third-order valence-electron chi connectivity index (χ3n) is 3.26. The first-order chi connectivity index (χ1) is 11.3. The number of fused-ring (bicyclic) bond motifs is 1. The summed E-state index contributed by atoms with van der Waals surface area (Å²) >= 11 is 1.52. The van der Waals surface area contributed by atoms with E-state index in [1.165, 1.54) is 11.3 Å². The molecule has 4 nitrogen and oxygen atoms in total. The summed E-state index contributed by atoms with van der Waals surface area (Å²) in [5.74, 6) is 6.52. The molecule has 0 radical (unpaired) electrons. The number of hydrogen-bond acceptors (Lipinski definition) is 4. The quantitative estimate of drug-likeness (QED) is 0.754. The smallest absolute Gasteiger partial charge is 0.252 e. The molecule has 0 aliphatic rings. The summed E-state index contributed by atoms with van der Waals surface area (Å²) < 4.78 is 6.23. The predicted molar refractivity (Wildman–Crippen MR) is 91.8 cm³/mol. The molecule has 0 aliphatic carbocycles. The molecule has 1 heterocycles. The van der Waals surface area contributed by atoms with Gasteiger partial charge < -0.3 is 10.1 Å². The Kier molecular flexibility index (Phi) is 4.55. The van der Waals surface area contributed by atoms with Crippen molar-refractivity contribution in [2.24, 2.45) is 0 Å². The Morgan fingerprint density at radius 3 is 3.04 bits per heavy atom. The first-order valence-electron chi connectivity index (χ1n) is 7.01.